The van der Waals surface area contributed by atoms with Gasteiger partial charge in [0.1, 0.15) is 0 Å². The lowest BCUT2D eigenvalue weighted by Gasteiger charge is -2.07. The lowest BCUT2D eigenvalue weighted by Crippen LogP contribution is -2.02. The van der Waals surface area contributed by atoms with Crippen molar-refractivity contribution in [2.24, 2.45) is 0 Å². The zero-order valence-electron chi connectivity index (χ0n) is 12.7. The van der Waals surface area contributed by atoms with Crippen LogP contribution >= 0.6 is 0 Å². The first-order valence-corrected chi connectivity index (χ1v) is 7.48. The van der Waals surface area contributed by atoms with Gasteiger partial charge in [0, 0.05) is 25.4 Å². The number of benzene rings is 1. The van der Waals surface area contributed by atoms with Crippen molar-refractivity contribution in [1.29, 1.82) is 0 Å². The van der Waals surface area contributed by atoms with Crippen LogP contribution in [0.2, 0.25) is 0 Å². The molecule has 0 aliphatic carbocycles. The number of methoxy groups -OCH3 is 1. The van der Waals surface area contributed by atoms with Crippen LogP contribution in [0.5, 0.6) is 5.88 Å². The molecule has 0 bridgehead atoms. The summed E-state index contributed by atoms with van der Waals surface area (Å²) in [5.74, 6) is 0.649. The number of nitrogens with zero attached hydrogens (tertiary/aromatic N) is 2. The molecule has 0 unspecified atom stereocenters. The normalized spacial score (nSPS) is 11.0. The molecule has 2 aromatic heterocycles. The number of rotatable bonds is 7. The zero-order valence-corrected chi connectivity index (χ0v) is 12.7. The van der Waals surface area contributed by atoms with Gasteiger partial charge in [0.25, 0.3) is 0 Å². The van der Waals surface area contributed by atoms with Crippen LogP contribution < -0.4 is 4.74 Å². The predicted octanol–water partition coefficient (Wildman–Crippen LogP) is 3.65. The zero-order chi connectivity index (χ0) is 15.2. The van der Waals surface area contributed by atoms with Crippen LogP contribution in [0.4, 0.5) is 0 Å². The molecule has 22 heavy (non-hydrogen) atoms. The van der Waals surface area contributed by atoms with Crippen molar-refractivity contribution in [3.63, 3.8) is 0 Å². The van der Waals surface area contributed by atoms with E-state index in [1.165, 1.54) is 5.56 Å². The molecule has 0 fully saturated rings. The van der Waals surface area contributed by atoms with E-state index in [-0.39, 0.29) is 0 Å². The van der Waals surface area contributed by atoms with Gasteiger partial charge in [0.15, 0.2) is 0 Å². The van der Waals surface area contributed by atoms with Gasteiger partial charge in [-0.1, -0.05) is 30.3 Å². The predicted molar refractivity (Wildman–Crippen MR) is 87.0 cm³/mol. The molecule has 0 saturated carbocycles. The quantitative estimate of drug-likeness (QED) is 0.624. The van der Waals surface area contributed by atoms with Crippen molar-refractivity contribution >= 4 is 11.0 Å². The minimum Gasteiger partial charge on any atom is -0.481 e. The lowest BCUT2D eigenvalue weighted by atomic mass is 10.2. The molecule has 0 atom stereocenters. The molecule has 0 aliphatic heterocycles. The summed E-state index contributed by atoms with van der Waals surface area (Å²) < 4.78 is 13.1. The van der Waals surface area contributed by atoms with Crippen molar-refractivity contribution in [2.75, 3.05) is 13.7 Å². The maximum absolute atomic E-state index is 5.72. The minimum absolute atomic E-state index is 0.649. The Morgan fingerprint density at radius 1 is 1.05 bits per heavy atom. The summed E-state index contributed by atoms with van der Waals surface area (Å²) in [5.41, 5.74) is 3.30. The number of fused-ring (bicyclic) bond motifs is 1. The Hall–Kier alpha value is -2.33. The highest BCUT2D eigenvalue weighted by atomic mass is 16.5. The van der Waals surface area contributed by atoms with Crippen LogP contribution in [0.1, 0.15) is 12.0 Å². The summed E-state index contributed by atoms with van der Waals surface area (Å²) in [5, 5.41) is 0. The molecular weight excluding hydrogens is 276 g/mol. The molecule has 0 amide bonds. The summed E-state index contributed by atoms with van der Waals surface area (Å²) in [6.45, 7) is 2.34. The van der Waals surface area contributed by atoms with Gasteiger partial charge in [-0.3, -0.25) is 0 Å². The van der Waals surface area contributed by atoms with Crippen molar-refractivity contribution < 1.29 is 9.47 Å². The number of aromatic nitrogens is 2. The largest absolute Gasteiger partial charge is 0.481 e. The van der Waals surface area contributed by atoms with E-state index in [4.69, 9.17) is 9.47 Å². The van der Waals surface area contributed by atoms with Crippen molar-refractivity contribution in [3.8, 4) is 5.88 Å². The fraction of sp³-hybridized carbons (Fsp3) is 0.278. The molecule has 4 nitrogen and oxygen atoms in total. The van der Waals surface area contributed by atoms with Crippen molar-refractivity contribution in [1.82, 2.24) is 9.55 Å². The van der Waals surface area contributed by atoms with Crippen LogP contribution in [0.3, 0.4) is 0 Å². The molecular formula is C18H20N2O2. The number of pyridine rings is 1. The molecule has 3 rings (SSSR count). The highest BCUT2D eigenvalue weighted by Crippen LogP contribution is 2.18. The fourth-order valence-electron chi connectivity index (χ4n) is 2.47. The smallest absolute Gasteiger partial charge is 0.213 e. The third kappa shape index (κ3) is 3.46. The molecule has 2 heterocycles. The van der Waals surface area contributed by atoms with E-state index < -0.39 is 0 Å². The van der Waals surface area contributed by atoms with Crippen LogP contribution in [0, 0.1) is 0 Å². The lowest BCUT2D eigenvalue weighted by molar-refractivity contribution is 0.116. The average Bonchev–Trinajstić information content (AvgIpc) is 2.97. The summed E-state index contributed by atoms with van der Waals surface area (Å²) in [6, 6.07) is 16.2. The van der Waals surface area contributed by atoms with Gasteiger partial charge in [0.05, 0.1) is 24.8 Å². The van der Waals surface area contributed by atoms with Gasteiger partial charge < -0.3 is 14.0 Å². The third-order valence-electron chi connectivity index (χ3n) is 3.61. The Kier molecular flexibility index (Phi) is 4.71. The van der Waals surface area contributed by atoms with Gasteiger partial charge in [-0.25, -0.2) is 4.98 Å². The molecule has 3 aromatic rings. The van der Waals surface area contributed by atoms with E-state index in [0.717, 1.165) is 30.6 Å². The first-order chi connectivity index (χ1) is 10.9. The van der Waals surface area contributed by atoms with E-state index in [1.54, 1.807) is 7.11 Å². The Balaban J connectivity index is 1.49. The molecule has 0 aliphatic rings. The number of ether oxygens (including phenoxy) is 2. The fourth-order valence-corrected chi connectivity index (χ4v) is 2.47. The second-order valence-corrected chi connectivity index (χ2v) is 5.16. The Bertz CT molecular complexity index is 722. The molecule has 0 saturated heterocycles. The van der Waals surface area contributed by atoms with Gasteiger partial charge in [-0.15, -0.1) is 0 Å². The maximum atomic E-state index is 5.72. The number of hydrogen-bond acceptors (Lipinski definition) is 3. The molecule has 1 aromatic carbocycles. The molecule has 4 heteroatoms. The van der Waals surface area contributed by atoms with E-state index in [1.807, 2.05) is 36.4 Å². The first kappa shape index (κ1) is 14.6. The Morgan fingerprint density at radius 2 is 1.91 bits per heavy atom. The highest BCUT2D eigenvalue weighted by Gasteiger charge is 2.03. The second-order valence-electron chi connectivity index (χ2n) is 5.16. The summed E-state index contributed by atoms with van der Waals surface area (Å²) in [7, 11) is 1.63. The van der Waals surface area contributed by atoms with Crippen LogP contribution in [0.25, 0.3) is 11.0 Å². The van der Waals surface area contributed by atoms with Crippen LogP contribution in [-0.2, 0) is 17.9 Å². The standard InChI is InChI=1S/C18H20N2O2/c1-21-18-9-8-17-16(19-18)10-12-20(17)11-5-13-22-14-15-6-3-2-4-7-15/h2-4,6-10,12H,5,11,13-14H2,1H3. The third-order valence-corrected chi connectivity index (χ3v) is 3.61. The summed E-state index contributed by atoms with van der Waals surface area (Å²) in [6.07, 6.45) is 3.04. The second kappa shape index (κ2) is 7.09. The SMILES string of the molecule is COc1ccc2c(ccn2CCCOCc2ccccc2)n1. The van der Waals surface area contributed by atoms with Crippen molar-refractivity contribution in [2.45, 2.75) is 19.6 Å². The monoisotopic (exact) mass is 296 g/mol. The van der Waals surface area contributed by atoms with Gasteiger partial charge >= 0.3 is 0 Å². The average molecular weight is 296 g/mol. The maximum Gasteiger partial charge on any atom is 0.213 e. The molecule has 114 valence electrons. The Labute approximate surface area is 130 Å². The van der Waals surface area contributed by atoms with Gasteiger partial charge in [-0.05, 0) is 24.1 Å². The molecule has 0 spiro atoms. The van der Waals surface area contributed by atoms with Crippen LogP contribution in [0.15, 0.2) is 54.7 Å². The van der Waals surface area contributed by atoms with E-state index in [9.17, 15) is 0 Å². The van der Waals surface area contributed by atoms with Crippen LogP contribution in [-0.4, -0.2) is 23.3 Å². The van der Waals surface area contributed by atoms with E-state index >= 15 is 0 Å². The highest BCUT2D eigenvalue weighted by molar-refractivity contribution is 5.76. The summed E-state index contributed by atoms with van der Waals surface area (Å²) >= 11 is 0. The number of hydrogen-bond donors (Lipinski definition) is 0. The van der Waals surface area contributed by atoms with E-state index in [2.05, 4.69) is 27.9 Å². The number of aryl methyl sites for hydroxylation is 1. The topological polar surface area (TPSA) is 36.3 Å². The minimum atomic E-state index is 0.649. The van der Waals surface area contributed by atoms with E-state index in [0.29, 0.717) is 12.5 Å². The molecule has 0 N–H and O–H groups in total. The Morgan fingerprint density at radius 3 is 2.73 bits per heavy atom. The summed E-state index contributed by atoms with van der Waals surface area (Å²) in [4.78, 5) is 4.42. The van der Waals surface area contributed by atoms with Gasteiger partial charge in [-0.2, -0.15) is 0 Å². The first-order valence-electron chi connectivity index (χ1n) is 7.48. The van der Waals surface area contributed by atoms with Gasteiger partial charge in [0.2, 0.25) is 5.88 Å². The molecule has 0 radical (unpaired) electrons. The van der Waals surface area contributed by atoms with Crippen molar-refractivity contribution in [3.05, 3.63) is 60.3 Å².